The molecule has 0 radical (unpaired) electrons. The Hall–Kier alpha value is -3.56. The average Bonchev–Trinajstić information content (AvgIpc) is 2.87. The van der Waals surface area contributed by atoms with E-state index >= 15 is 0 Å². The van der Waals surface area contributed by atoms with E-state index in [1.165, 1.54) is 18.3 Å². The van der Waals surface area contributed by atoms with Gasteiger partial charge in [0.2, 0.25) is 5.95 Å². The summed E-state index contributed by atoms with van der Waals surface area (Å²) in [6, 6.07) is 9.85. The number of carbonyl (C=O) groups is 1. The van der Waals surface area contributed by atoms with Gasteiger partial charge in [-0.25, -0.2) is 13.8 Å². The summed E-state index contributed by atoms with van der Waals surface area (Å²) in [6.45, 7) is 6.70. The maximum atomic E-state index is 14.9. The molecule has 0 spiro atoms. The van der Waals surface area contributed by atoms with Crippen molar-refractivity contribution in [2.45, 2.75) is 13.0 Å². The fraction of sp³-hybridized carbons (Fsp3) is 0.269. The molecule has 1 saturated heterocycles. The van der Waals surface area contributed by atoms with Crippen LogP contribution in [0.15, 0.2) is 55.3 Å². The number of halogens is 3. The van der Waals surface area contributed by atoms with Crippen molar-refractivity contribution < 1.29 is 13.6 Å². The summed E-state index contributed by atoms with van der Waals surface area (Å²) in [6.07, 6.45) is 2.95. The summed E-state index contributed by atoms with van der Waals surface area (Å²) in [5.41, 5.74) is 1.95. The molecular weight excluding hydrogens is 486 g/mol. The third-order valence-electron chi connectivity index (χ3n) is 5.93. The van der Waals surface area contributed by atoms with Crippen LogP contribution >= 0.6 is 11.6 Å². The fourth-order valence-electron chi connectivity index (χ4n) is 3.90. The summed E-state index contributed by atoms with van der Waals surface area (Å²) in [5.74, 6) is -0.792. The predicted molar refractivity (Wildman–Crippen MR) is 139 cm³/mol. The molecule has 1 aliphatic heterocycles. The third-order valence-corrected chi connectivity index (χ3v) is 6.21. The first-order chi connectivity index (χ1) is 17.3. The Morgan fingerprint density at radius 3 is 2.64 bits per heavy atom. The van der Waals surface area contributed by atoms with E-state index in [-0.39, 0.29) is 34.5 Å². The van der Waals surface area contributed by atoms with Crippen LogP contribution in [-0.2, 0) is 17.8 Å². The largest absolute Gasteiger partial charge is 0.367 e. The summed E-state index contributed by atoms with van der Waals surface area (Å²) < 4.78 is 29.7. The number of aromatic nitrogens is 2. The Labute approximate surface area is 213 Å². The van der Waals surface area contributed by atoms with Crippen LogP contribution in [-0.4, -0.2) is 53.9 Å². The number of anilines is 4. The molecule has 7 nitrogen and oxygen atoms in total. The monoisotopic (exact) mass is 512 g/mol. The average molecular weight is 513 g/mol. The standard InChI is InChI=1S/C26H27ClF2N6O/c1-3-19(36)12-17-5-4-6-18(11-17)15-30-25-20(27)16-31-26(33-25)32-23-13-22(29)24(14-21(23)28)35-9-7-34(2)8-10-35/h3-6,11,13-14,16H,1,7-10,12,15H2,2H3,(H2,30,31,32,33). The van der Waals surface area contributed by atoms with Crippen LogP contribution in [0.1, 0.15) is 11.1 Å². The van der Waals surface area contributed by atoms with Crippen molar-refractivity contribution in [3.05, 3.63) is 83.0 Å². The zero-order valence-corrected chi connectivity index (χ0v) is 20.7. The highest BCUT2D eigenvalue weighted by Crippen LogP contribution is 2.29. The molecule has 4 rings (SSSR count). The maximum Gasteiger partial charge on any atom is 0.229 e. The number of nitrogens with zero attached hydrogens (tertiary/aromatic N) is 4. The van der Waals surface area contributed by atoms with E-state index in [1.807, 2.05) is 36.2 Å². The number of carbonyl (C=O) groups excluding carboxylic acids is 1. The highest BCUT2D eigenvalue weighted by Gasteiger charge is 2.20. The molecule has 188 valence electrons. The Bertz CT molecular complexity index is 1260. The van der Waals surface area contributed by atoms with Gasteiger partial charge in [-0.05, 0) is 24.3 Å². The molecule has 0 bridgehead atoms. The Morgan fingerprint density at radius 1 is 1.14 bits per heavy atom. The Balaban J connectivity index is 1.45. The van der Waals surface area contributed by atoms with E-state index in [1.54, 1.807) is 0 Å². The third kappa shape index (κ3) is 6.35. The highest BCUT2D eigenvalue weighted by atomic mass is 35.5. The molecule has 10 heteroatoms. The minimum absolute atomic E-state index is 0.0603. The fourth-order valence-corrected chi connectivity index (χ4v) is 4.06. The minimum atomic E-state index is -0.607. The van der Waals surface area contributed by atoms with Gasteiger partial charge in [-0.3, -0.25) is 4.79 Å². The highest BCUT2D eigenvalue weighted by molar-refractivity contribution is 6.32. The second-order valence-electron chi connectivity index (χ2n) is 8.61. The van der Waals surface area contributed by atoms with Gasteiger partial charge in [-0.15, -0.1) is 0 Å². The number of hydrogen-bond acceptors (Lipinski definition) is 7. The summed E-state index contributed by atoms with van der Waals surface area (Å²) in [5, 5.41) is 6.14. The minimum Gasteiger partial charge on any atom is -0.367 e. The lowest BCUT2D eigenvalue weighted by molar-refractivity contribution is -0.114. The molecule has 1 fully saturated rings. The lowest BCUT2D eigenvalue weighted by Gasteiger charge is -2.34. The number of hydrogen-bond donors (Lipinski definition) is 2. The number of likely N-dealkylation sites (N-methyl/N-ethyl adjacent to an activating group) is 1. The van der Waals surface area contributed by atoms with E-state index in [0.717, 1.165) is 30.3 Å². The molecule has 1 aromatic heterocycles. The first kappa shape index (κ1) is 25.5. The number of piperazine rings is 1. The molecule has 2 aromatic carbocycles. The van der Waals surface area contributed by atoms with Crippen molar-refractivity contribution in [1.82, 2.24) is 14.9 Å². The number of rotatable bonds is 9. The van der Waals surface area contributed by atoms with E-state index < -0.39 is 11.6 Å². The van der Waals surface area contributed by atoms with Crippen LogP contribution in [0.4, 0.5) is 31.9 Å². The number of nitrogens with one attached hydrogen (secondary N) is 2. The lowest BCUT2D eigenvalue weighted by Crippen LogP contribution is -2.44. The first-order valence-electron chi connectivity index (χ1n) is 11.5. The molecule has 1 aliphatic rings. The van der Waals surface area contributed by atoms with Gasteiger partial charge in [-0.1, -0.05) is 42.4 Å². The SMILES string of the molecule is C=CC(=O)Cc1cccc(CNc2nc(Nc3cc(F)c(N4CCN(C)CC4)cc3F)ncc2Cl)c1. The molecule has 2 heterocycles. The van der Waals surface area contributed by atoms with E-state index in [9.17, 15) is 13.6 Å². The second-order valence-corrected chi connectivity index (χ2v) is 9.02. The van der Waals surface area contributed by atoms with E-state index in [0.29, 0.717) is 25.5 Å². The zero-order valence-electron chi connectivity index (χ0n) is 19.9. The molecule has 0 aliphatic carbocycles. The second kappa shape index (κ2) is 11.5. The Morgan fingerprint density at radius 2 is 1.89 bits per heavy atom. The van der Waals surface area contributed by atoms with E-state index in [4.69, 9.17) is 11.6 Å². The topological polar surface area (TPSA) is 73.4 Å². The van der Waals surface area contributed by atoms with Crippen LogP contribution in [0, 0.1) is 11.6 Å². The molecule has 0 atom stereocenters. The first-order valence-corrected chi connectivity index (χ1v) is 11.9. The van der Waals surface area contributed by atoms with Crippen molar-refractivity contribution in [3.8, 4) is 0 Å². The van der Waals surface area contributed by atoms with Gasteiger partial charge in [0.25, 0.3) is 0 Å². The number of benzene rings is 2. The van der Waals surface area contributed by atoms with E-state index in [2.05, 4.69) is 32.1 Å². The van der Waals surface area contributed by atoms with Gasteiger partial charge in [-0.2, -0.15) is 4.98 Å². The molecule has 2 N–H and O–H groups in total. The van der Waals surface area contributed by atoms with Gasteiger partial charge in [0, 0.05) is 51.3 Å². The summed E-state index contributed by atoms with van der Waals surface area (Å²) in [7, 11) is 2.00. The quantitative estimate of drug-likeness (QED) is 0.398. The van der Waals surface area contributed by atoms with Crippen LogP contribution in [0.2, 0.25) is 5.02 Å². The van der Waals surface area contributed by atoms with Crippen molar-refractivity contribution in [2.75, 3.05) is 48.8 Å². The van der Waals surface area contributed by atoms with Crippen molar-refractivity contribution in [2.24, 2.45) is 0 Å². The Kier molecular flexibility index (Phi) is 8.12. The molecule has 0 amide bonds. The number of allylic oxidation sites excluding steroid dienone is 1. The zero-order chi connectivity index (χ0) is 25.7. The van der Waals surface area contributed by atoms with Gasteiger partial charge in [0.1, 0.15) is 16.7 Å². The molecule has 3 aromatic rings. The molecule has 36 heavy (non-hydrogen) atoms. The molecule has 0 saturated carbocycles. The van der Waals surface area contributed by atoms with Crippen LogP contribution in [0.25, 0.3) is 0 Å². The molecule has 0 unspecified atom stereocenters. The predicted octanol–water partition coefficient (Wildman–Crippen LogP) is 4.81. The summed E-state index contributed by atoms with van der Waals surface area (Å²) in [4.78, 5) is 24.0. The normalized spacial score (nSPS) is 13.9. The van der Waals surface area contributed by atoms with Crippen LogP contribution < -0.4 is 15.5 Å². The van der Waals surface area contributed by atoms with Gasteiger partial charge < -0.3 is 20.4 Å². The van der Waals surface area contributed by atoms with Crippen LogP contribution in [0.3, 0.4) is 0 Å². The van der Waals surface area contributed by atoms with Crippen molar-refractivity contribution in [1.29, 1.82) is 0 Å². The van der Waals surface area contributed by atoms with Crippen LogP contribution in [0.5, 0.6) is 0 Å². The van der Waals surface area contributed by atoms with Gasteiger partial charge in [0.15, 0.2) is 11.6 Å². The smallest absolute Gasteiger partial charge is 0.229 e. The van der Waals surface area contributed by atoms with Gasteiger partial charge >= 0.3 is 0 Å². The van der Waals surface area contributed by atoms with Crippen molar-refractivity contribution in [3.63, 3.8) is 0 Å². The summed E-state index contributed by atoms with van der Waals surface area (Å²) >= 11 is 6.24. The number of ketones is 1. The maximum absolute atomic E-state index is 14.9. The van der Waals surface area contributed by atoms with Crippen molar-refractivity contribution >= 4 is 40.5 Å². The lowest BCUT2D eigenvalue weighted by atomic mass is 10.1. The van der Waals surface area contributed by atoms with Gasteiger partial charge in [0.05, 0.1) is 17.6 Å². The molecular formula is C26H27ClF2N6O.